The van der Waals surface area contributed by atoms with E-state index in [0.29, 0.717) is 6.54 Å². The predicted octanol–water partition coefficient (Wildman–Crippen LogP) is 3.42. The minimum atomic E-state index is -0.696. The molecule has 5 nitrogen and oxygen atoms in total. The summed E-state index contributed by atoms with van der Waals surface area (Å²) in [4.78, 5) is 28.1. The van der Waals surface area contributed by atoms with Gasteiger partial charge in [0.1, 0.15) is 5.82 Å². The van der Waals surface area contributed by atoms with Gasteiger partial charge < -0.3 is 10.6 Å². The fraction of sp³-hybridized carbons (Fsp3) is 0.250. The van der Waals surface area contributed by atoms with Crippen LogP contribution in [0.5, 0.6) is 0 Å². The Hall–Kier alpha value is -3.03. The maximum absolute atomic E-state index is 13.0. The van der Waals surface area contributed by atoms with E-state index in [9.17, 15) is 14.0 Å². The molecule has 0 saturated carbocycles. The lowest BCUT2D eigenvalue weighted by Crippen LogP contribution is -2.44. The molecule has 7 heteroatoms. The topological polar surface area (TPSA) is 61.4 Å². The second-order valence-electron chi connectivity index (χ2n) is 7.54. The standard InChI is InChI=1S/C24H24FN3O2S/c25-20-9-7-17(8-10-20)14-26-23(29)24(30)27-15-21(22-6-3-13-31-22)28-12-11-18-4-1-2-5-19(18)16-28/h1-10,13,21H,11-12,14-16H2,(H,26,29)(H,27,30)/t21-/m1/s1. The van der Waals surface area contributed by atoms with Gasteiger partial charge >= 0.3 is 11.8 Å². The number of carbonyl (C=O) groups is 2. The molecule has 2 aromatic carbocycles. The van der Waals surface area contributed by atoms with Gasteiger partial charge in [-0.1, -0.05) is 42.5 Å². The molecule has 0 unspecified atom stereocenters. The molecule has 3 aromatic rings. The lowest BCUT2D eigenvalue weighted by Gasteiger charge is -2.35. The quantitative estimate of drug-likeness (QED) is 0.581. The molecule has 0 fully saturated rings. The summed E-state index contributed by atoms with van der Waals surface area (Å²) in [6.45, 7) is 2.23. The van der Waals surface area contributed by atoms with Crippen molar-refractivity contribution in [3.63, 3.8) is 0 Å². The van der Waals surface area contributed by atoms with Crippen LogP contribution in [0.3, 0.4) is 0 Å². The fourth-order valence-electron chi connectivity index (χ4n) is 3.81. The zero-order valence-corrected chi connectivity index (χ0v) is 17.8. The van der Waals surface area contributed by atoms with Crippen LogP contribution in [-0.2, 0) is 29.1 Å². The van der Waals surface area contributed by atoms with Crippen molar-refractivity contribution in [1.82, 2.24) is 15.5 Å². The van der Waals surface area contributed by atoms with E-state index >= 15 is 0 Å². The molecule has 0 saturated heterocycles. The van der Waals surface area contributed by atoms with Crippen molar-refractivity contribution in [3.05, 3.63) is 93.4 Å². The van der Waals surface area contributed by atoms with E-state index in [4.69, 9.17) is 0 Å². The molecular formula is C24H24FN3O2S. The van der Waals surface area contributed by atoms with E-state index in [2.05, 4.69) is 45.9 Å². The fourth-order valence-corrected chi connectivity index (χ4v) is 4.67. The van der Waals surface area contributed by atoms with Crippen LogP contribution >= 0.6 is 11.3 Å². The number of fused-ring (bicyclic) bond motifs is 1. The zero-order chi connectivity index (χ0) is 21.6. The van der Waals surface area contributed by atoms with Gasteiger partial charge in [-0.25, -0.2) is 4.39 Å². The van der Waals surface area contributed by atoms with Crippen molar-refractivity contribution in [2.45, 2.75) is 25.6 Å². The molecule has 1 aromatic heterocycles. The number of halogens is 1. The summed E-state index contributed by atoms with van der Waals surface area (Å²) < 4.78 is 13.0. The minimum absolute atomic E-state index is 0.00204. The van der Waals surface area contributed by atoms with Gasteiger partial charge in [0.15, 0.2) is 0 Å². The average Bonchev–Trinajstić information content (AvgIpc) is 3.33. The van der Waals surface area contributed by atoms with Crippen LogP contribution in [0.15, 0.2) is 66.0 Å². The van der Waals surface area contributed by atoms with Crippen LogP contribution in [-0.4, -0.2) is 29.8 Å². The maximum atomic E-state index is 13.0. The maximum Gasteiger partial charge on any atom is 0.309 e. The molecule has 2 amide bonds. The molecule has 0 radical (unpaired) electrons. The number of amides is 2. The van der Waals surface area contributed by atoms with Crippen molar-refractivity contribution in [1.29, 1.82) is 0 Å². The lowest BCUT2D eigenvalue weighted by atomic mass is 9.98. The number of hydrogen-bond acceptors (Lipinski definition) is 4. The second kappa shape index (κ2) is 9.85. The van der Waals surface area contributed by atoms with Crippen molar-refractivity contribution in [2.24, 2.45) is 0 Å². The molecule has 1 atom stereocenters. The number of nitrogens with one attached hydrogen (secondary N) is 2. The van der Waals surface area contributed by atoms with E-state index in [0.717, 1.165) is 30.0 Å². The predicted molar refractivity (Wildman–Crippen MR) is 119 cm³/mol. The van der Waals surface area contributed by atoms with Gasteiger partial charge in [-0.3, -0.25) is 14.5 Å². The Labute approximate surface area is 184 Å². The lowest BCUT2D eigenvalue weighted by molar-refractivity contribution is -0.139. The highest BCUT2D eigenvalue weighted by atomic mass is 32.1. The number of nitrogens with zero attached hydrogens (tertiary/aromatic N) is 1. The first-order valence-corrected chi connectivity index (χ1v) is 11.1. The second-order valence-corrected chi connectivity index (χ2v) is 8.52. The van der Waals surface area contributed by atoms with Gasteiger partial charge in [-0.2, -0.15) is 0 Å². The molecule has 2 N–H and O–H groups in total. The Morgan fingerprint density at radius 2 is 1.71 bits per heavy atom. The molecule has 4 rings (SSSR count). The minimum Gasteiger partial charge on any atom is -0.346 e. The first-order chi connectivity index (χ1) is 15.1. The van der Waals surface area contributed by atoms with Crippen LogP contribution in [0.4, 0.5) is 4.39 Å². The molecule has 1 aliphatic heterocycles. The molecule has 31 heavy (non-hydrogen) atoms. The normalized spacial score (nSPS) is 14.5. The monoisotopic (exact) mass is 437 g/mol. The van der Waals surface area contributed by atoms with Crippen LogP contribution in [0.1, 0.15) is 27.6 Å². The van der Waals surface area contributed by atoms with E-state index < -0.39 is 11.8 Å². The van der Waals surface area contributed by atoms with Crippen LogP contribution in [0.25, 0.3) is 0 Å². The number of carbonyl (C=O) groups excluding carboxylic acids is 2. The molecule has 160 valence electrons. The molecule has 0 aliphatic carbocycles. The molecule has 2 heterocycles. The summed E-state index contributed by atoms with van der Waals surface area (Å²) in [5.74, 6) is -1.70. The van der Waals surface area contributed by atoms with Crippen molar-refractivity contribution >= 4 is 23.2 Å². The van der Waals surface area contributed by atoms with Crippen molar-refractivity contribution < 1.29 is 14.0 Å². The number of benzene rings is 2. The van der Waals surface area contributed by atoms with E-state index in [-0.39, 0.29) is 18.4 Å². The first-order valence-electron chi connectivity index (χ1n) is 10.2. The smallest absolute Gasteiger partial charge is 0.309 e. The number of thiophene rings is 1. The van der Waals surface area contributed by atoms with Gasteiger partial charge in [-0.05, 0) is 46.7 Å². The molecule has 0 spiro atoms. The summed E-state index contributed by atoms with van der Waals surface area (Å²) in [5.41, 5.74) is 3.40. The summed E-state index contributed by atoms with van der Waals surface area (Å²) in [5, 5.41) is 7.40. The Kier molecular flexibility index (Phi) is 6.74. The third-order valence-electron chi connectivity index (χ3n) is 5.50. The summed E-state index contributed by atoms with van der Waals surface area (Å²) in [6.07, 6.45) is 0.962. The van der Waals surface area contributed by atoms with E-state index in [1.165, 1.54) is 23.3 Å². The largest absolute Gasteiger partial charge is 0.346 e. The Morgan fingerprint density at radius 3 is 2.45 bits per heavy atom. The summed E-state index contributed by atoms with van der Waals surface area (Å²) >= 11 is 1.65. The van der Waals surface area contributed by atoms with Gasteiger partial charge in [0.05, 0.1) is 6.04 Å². The van der Waals surface area contributed by atoms with Gasteiger partial charge in [0, 0.05) is 31.1 Å². The highest BCUT2D eigenvalue weighted by Crippen LogP contribution is 2.29. The number of rotatable bonds is 6. The Balaban J connectivity index is 1.36. The van der Waals surface area contributed by atoms with Crippen molar-refractivity contribution in [2.75, 3.05) is 13.1 Å². The highest BCUT2D eigenvalue weighted by Gasteiger charge is 2.26. The Bertz CT molecular complexity index is 1040. The van der Waals surface area contributed by atoms with E-state index in [1.54, 1.807) is 23.5 Å². The third-order valence-corrected chi connectivity index (χ3v) is 6.47. The highest BCUT2D eigenvalue weighted by molar-refractivity contribution is 7.10. The molecule has 1 aliphatic rings. The molecule has 0 bridgehead atoms. The van der Waals surface area contributed by atoms with Crippen LogP contribution in [0, 0.1) is 5.82 Å². The van der Waals surface area contributed by atoms with Gasteiger partial charge in [-0.15, -0.1) is 11.3 Å². The average molecular weight is 438 g/mol. The summed E-state index contributed by atoms with van der Waals surface area (Å²) in [6, 6.07) is 18.3. The molecular weight excluding hydrogens is 413 g/mol. The zero-order valence-electron chi connectivity index (χ0n) is 17.0. The first kappa shape index (κ1) is 21.2. The van der Waals surface area contributed by atoms with Crippen molar-refractivity contribution in [3.8, 4) is 0 Å². The van der Waals surface area contributed by atoms with Gasteiger partial charge in [0.25, 0.3) is 0 Å². The van der Waals surface area contributed by atoms with Gasteiger partial charge in [0.2, 0.25) is 0 Å². The SMILES string of the molecule is O=C(NCc1ccc(F)cc1)C(=O)NC[C@H](c1cccs1)N1CCc2ccccc2C1. The Morgan fingerprint density at radius 1 is 0.968 bits per heavy atom. The van der Waals surface area contributed by atoms with Crippen LogP contribution in [0.2, 0.25) is 0 Å². The van der Waals surface area contributed by atoms with E-state index in [1.807, 2.05) is 11.4 Å². The number of hydrogen-bond donors (Lipinski definition) is 2. The van der Waals surface area contributed by atoms with Crippen LogP contribution < -0.4 is 10.6 Å². The summed E-state index contributed by atoms with van der Waals surface area (Å²) in [7, 11) is 0. The third kappa shape index (κ3) is 5.37.